The lowest BCUT2D eigenvalue weighted by molar-refractivity contribution is 0.112. The van der Waals surface area contributed by atoms with E-state index < -0.39 is 0 Å². The van der Waals surface area contributed by atoms with E-state index in [0.29, 0.717) is 11.3 Å². The fourth-order valence-electron chi connectivity index (χ4n) is 1.66. The molecule has 0 saturated heterocycles. The summed E-state index contributed by atoms with van der Waals surface area (Å²) in [6.07, 6.45) is 0.592. The number of hydrogen-bond donors (Lipinski definition) is 0. The van der Waals surface area contributed by atoms with Gasteiger partial charge in [-0.05, 0) is 24.6 Å². The Labute approximate surface area is 105 Å². The van der Waals surface area contributed by atoms with Gasteiger partial charge >= 0.3 is 0 Å². The summed E-state index contributed by atoms with van der Waals surface area (Å²) in [4.78, 5) is 10.5. The van der Waals surface area contributed by atoms with Gasteiger partial charge in [0.05, 0.1) is 0 Å². The molecule has 0 aliphatic carbocycles. The summed E-state index contributed by atoms with van der Waals surface area (Å²) in [5, 5.41) is 0. The molecule has 18 heavy (non-hydrogen) atoms. The van der Waals surface area contributed by atoms with Gasteiger partial charge in [-0.2, -0.15) is 0 Å². The van der Waals surface area contributed by atoms with E-state index >= 15 is 0 Å². The SMILES string of the molecule is CC(Oc1cccc(F)c1)c1ccc(C=O)cc1. The van der Waals surface area contributed by atoms with Crippen LogP contribution in [0.3, 0.4) is 0 Å². The van der Waals surface area contributed by atoms with Gasteiger partial charge in [0.15, 0.2) is 0 Å². The van der Waals surface area contributed by atoms with Gasteiger partial charge in [-0.3, -0.25) is 4.79 Å². The van der Waals surface area contributed by atoms with E-state index in [2.05, 4.69) is 0 Å². The largest absolute Gasteiger partial charge is 0.486 e. The molecule has 0 bridgehead atoms. The molecule has 2 aromatic rings. The molecule has 0 aliphatic heterocycles. The topological polar surface area (TPSA) is 26.3 Å². The Hall–Kier alpha value is -2.16. The minimum Gasteiger partial charge on any atom is -0.486 e. The van der Waals surface area contributed by atoms with Crippen molar-refractivity contribution >= 4 is 6.29 Å². The van der Waals surface area contributed by atoms with Gasteiger partial charge < -0.3 is 4.74 Å². The zero-order valence-electron chi connectivity index (χ0n) is 9.97. The summed E-state index contributed by atoms with van der Waals surface area (Å²) in [5.41, 5.74) is 1.56. The second-order valence-electron chi connectivity index (χ2n) is 4.00. The predicted octanol–water partition coefficient (Wildman–Crippen LogP) is 3.78. The van der Waals surface area contributed by atoms with Crippen LogP contribution in [0.5, 0.6) is 5.75 Å². The number of rotatable bonds is 4. The molecule has 2 aromatic carbocycles. The number of halogens is 1. The van der Waals surface area contributed by atoms with E-state index in [4.69, 9.17) is 4.74 Å². The van der Waals surface area contributed by atoms with Crippen LogP contribution in [0.4, 0.5) is 4.39 Å². The smallest absolute Gasteiger partial charge is 0.150 e. The lowest BCUT2D eigenvalue weighted by Crippen LogP contribution is -2.03. The minimum atomic E-state index is -0.323. The van der Waals surface area contributed by atoms with Crippen LogP contribution >= 0.6 is 0 Å². The maximum Gasteiger partial charge on any atom is 0.150 e. The minimum absolute atomic E-state index is 0.201. The predicted molar refractivity (Wildman–Crippen MR) is 67.3 cm³/mol. The van der Waals surface area contributed by atoms with E-state index in [1.165, 1.54) is 12.1 Å². The van der Waals surface area contributed by atoms with E-state index in [1.54, 1.807) is 24.3 Å². The Kier molecular flexibility index (Phi) is 3.72. The monoisotopic (exact) mass is 244 g/mol. The van der Waals surface area contributed by atoms with Crippen molar-refractivity contribution in [3.63, 3.8) is 0 Å². The molecule has 0 heterocycles. The number of carbonyl (C=O) groups is 1. The highest BCUT2D eigenvalue weighted by molar-refractivity contribution is 5.74. The zero-order valence-corrected chi connectivity index (χ0v) is 9.97. The molecule has 0 radical (unpaired) electrons. The first-order chi connectivity index (χ1) is 8.69. The van der Waals surface area contributed by atoms with Crippen LogP contribution < -0.4 is 4.74 Å². The molecule has 3 heteroatoms. The molecular weight excluding hydrogens is 231 g/mol. The average molecular weight is 244 g/mol. The molecule has 0 fully saturated rings. The molecule has 2 rings (SSSR count). The molecule has 0 aliphatic rings. The standard InChI is InChI=1S/C15H13FO2/c1-11(13-7-5-12(10-17)6-8-13)18-15-4-2-3-14(16)9-15/h2-11H,1H3. The molecular formula is C15H13FO2. The fourth-order valence-corrected chi connectivity index (χ4v) is 1.66. The first-order valence-corrected chi connectivity index (χ1v) is 5.66. The summed E-state index contributed by atoms with van der Waals surface area (Å²) in [5.74, 6) is 0.165. The molecule has 1 unspecified atom stereocenters. The van der Waals surface area contributed by atoms with Gasteiger partial charge in [-0.15, -0.1) is 0 Å². The maximum atomic E-state index is 13.0. The third kappa shape index (κ3) is 2.94. The summed E-state index contributed by atoms with van der Waals surface area (Å²) in [6, 6.07) is 13.1. The normalized spacial score (nSPS) is 11.9. The summed E-state index contributed by atoms with van der Waals surface area (Å²) in [6.45, 7) is 1.88. The van der Waals surface area contributed by atoms with Crippen molar-refractivity contribution in [1.29, 1.82) is 0 Å². The lowest BCUT2D eigenvalue weighted by atomic mass is 10.1. The van der Waals surface area contributed by atoms with Crippen molar-refractivity contribution in [2.45, 2.75) is 13.0 Å². The molecule has 0 saturated carbocycles. The summed E-state index contributed by atoms with van der Waals surface area (Å²) < 4.78 is 18.6. The van der Waals surface area contributed by atoms with E-state index in [0.717, 1.165) is 11.8 Å². The first kappa shape index (κ1) is 12.3. The summed E-state index contributed by atoms with van der Waals surface area (Å²) >= 11 is 0. The molecule has 2 nitrogen and oxygen atoms in total. The highest BCUT2D eigenvalue weighted by Crippen LogP contribution is 2.22. The number of aldehydes is 1. The Morgan fingerprint density at radius 2 is 1.89 bits per heavy atom. The second kappa shape index (κ2) is 5.45. The van der Waals surface area contributed by atoms with Crippen LogP contribution in [-0.2, 0) is 0 Å². The van der Waals surface area contributed by atoms with Gasteiger partial charge in [0.1, 0.15) is 24.0 Å². The van der Waals surface area contributed by atoms with Crippen LogP contribution in [0.2, 0.25) is 0 Å². The van der Waals surface area contributed by atoms with Gasteiger partial charge in [-0.25, -0.2) is 4.39 Å². The van der Waals surface area contributed by atoms with Crippen LogP contribution in [-0.4, -0.2) is 6.29 Å². The Bertz CT molecular complexity index is 534. The van der Waals surface area contributed by atoms with Gasteiger partial charge in [0, 0.05) is 11.6 Å². The first-order valence-electron chi connectivity index (χ1n) is 5.66. The number of benzene rings is 2. The molecule has 0 spiro atoms. The number of hydrogen-bond acceptors (Lipinski definition) is 2. The van der Waals surface area contributed by atoms with Crippen LogP contribution in [0, 0.1) is 5.82 Å². The Morgan fingerprint density at radius 3 is 2.50 bits per heavy atom. The number of carbonyl (C=O) groups excluding carboxylic acids is 1. The van der Waals surface area contributed by atoms with Crippen LogP contribution in [0.15, 0.2) is 48.5 Å². The van der Waals surface area contributed by atoms with E-state index in [9.17, 15) is 9.18 Å². The highest BCUT2D eigenvalue weighted by Gasteiger charge is 2.07. The quantitative estimate of drug-likeness (QED) is 0.765. The highest BCUT2D eigenvalue weighted by atomic mass is 19.1. The van der Waals surface area contributed by atoms with Gasteiger partial charge in [0.2, 0.25) is 0 Å². The van der Waals surface area contributed by atoms with Crippen molar-refractivity contribution in [2.24, 2.45) is 0 Å². The molecule has 0 amide bonds. The van der Waals surface area contributed by atoms with Crippen LogP contribution in [0.25, 0.3) is 0 Å². The third-order valence-corrected chi connectivity index (χ3v) is 2.65. The fraction of sp³-hybridized carbons (Fsp3) is 0.133. The van der Waals surface area contributed by atoms with Gasteiger partial charge in [0.25, 0.3) is 0 Å². The third-order valence-electron chi connectivity index (χ3n) is 2.65. The molecule has 0 aromatic heterocycles. The van der Waals surface area contributed by atoms with Crippen molar-refractivity contribution in [3.05, 3.63) is 65.5 Å². The Morgan fingerprint density at radius 1 is 1.17 bits per heavy atom. The van der Waals surface area contributed by atoms with Crippen molar-refractivity contribution in [2.75, 3.05) is 0 Å². The molecule has 1 atom stereocenters. The van der Waals surface area contributed by atoms with Gasteiger partial charge in [-0.1, -0.05) is 30.3 Å². The molecule has 0 N–H and O–H groups in total. The van der Waals surface area contributed by atoms with Crippen LogP contribution in [0.1, 0.15) is 28.9 Å². The van der Waals surface area contributed by atoms with E-state index in [1.807, 2.05) is 19.1 Å². The van der Waals surface area contributed by atoms with E-state index in [-0.39, 0.29) is 11.9 Å². The lowest BCUT2D eigenvalue weighted by Gasteiger charge is -2.15. The van der Waals surface area contributed by atoms with Crippen molar-refractivity contribution in [3.8, 4) is 5.75 Å². The Balaban J connectivity index is 2.11. The zero-order chi connectivity index (χ0) is 13.0. The summed E-state index contributed by atoms with van der Waals surface area (Å²) in [7, 11) is 0. The second-order valence-corrected chi connectivity index (χ2v) is 4.00. The average Bonchev–Trinajstić information content (AvgIpc) is 2.39. The number of ether oxygens (including phenoxy) is 1. The van der Waals surface area contributed by atoms with Crippen molar-refractivity contribution in [1.82, 2.24) is 0 Å². The maximum absolute atomic E-state index is 13.0. The van der Waals surface area contributed by atoms with Crippen molar-refractivity contribution < 1.29 is 13.9 Å². The molecule has 92 valence electrons.